The van der Waals surface area contributed by atoms with Gasteiger partial charge in [0.1, 0.15) is 5.75 Å². The fourth-order valence-corrected chi connectivity index (χ4v) is 2.79. The van der Waals surface area contributed by atoms with Gasteiger partial charge < -0.3 is 15.2 Å². The lowest BCUT2D eigenvalue weighted by molar-refractivity contribution is -0.151. The molecule has 1 aliphatic carbocycles. The first-order chi connectivity index (χ1) is 10.2. The van der Waals surface area contributed by atoms with Gasteiger partial charge in [-0.05, 0) is 55.9 Å². The highest BCUT2D eigenvalue weighted by atomic mass is 16.6. The minimum absolute atomic E-state index is 0.124. The van der Waals surface area contributed by atoms with Crippen LogP contribution in [0.25, 0.3) is 0 Å². The van der Waals surface area contributed by atoms with Gasteiger partial charge in [0.25, 0.3) is 0 Å². The number of hydrogen-bond donors (Lipinski definition) is 1. The van der Waals surface area contributed by atoms with Crippen molar-refractivity contribution in [2.75, 3.05) is 6.61 Å². The molecule has 0 saturated heterocycles. The van der Waals surface area contributed by atoms with Gasteiger partial charge in [0.2, 0.25) is 0 Å². The maximum Gasteiger partial charge on any atom is 0.347 e. The Balaban J connectivity index is 2.11. The molecular weight excluding hydrogens is 266 g/mol. The van der Waals surface area contributed by atoms with E-state index in [0.717, 1.165) is 31.4 Å². The molecule has 4 heteroatoms. The van der Waals surface area contributed by atoms with Gasteiger partial charge in [0.15, 0.2) is 6.10 Å². The van der Waals surface area contributed by atoms with Crippen LogP contribution in [0.15, 0.2) is 18.2 Å². The highest BCUT2D eigenvalue weighted by Crippen LogP contribution is 2.31. The number of carbonyl (C=O) groups is 1. The fourth-order valence-electron chi connectivity index (χ4n) is 2.79. The number of hydrogen-bond acceptors (Lipinski definition) is 4. The van der Waals surface area contributed by atoms with Crippen molar-refractivity contribution in [1.82, 2.24) is 0 Å². The molecule has 2 atom stereocenters. The van der Waals surface area contributed by atoms with E-state index in [9.17, 15) is 4.79 Å². The molecule has 2 unspecified atom stereocenters. The van der Waals surface area contributed by atoms with Gasteiger partial charge in [-0.1, -0.05) is 19.4 Å². The summed E-state index contributed by atoms with van der Waals surface area (Å²) in [5.41, 5.74) is 8.56. The summed E-state index contributed by atoms with van der Waals surface area (Å²) in [6.45, 7) is 4.21. The van der Waals surface area contributed by atoms with E-state index < -0.39 is 6.10 Å². The van der Waals surface area contributed by atoms with Gasteiger partial charge in [0.05, 0.1) is 6.61 Å². The summed E-state index contributed by atoms with van der Waals surface area (Å²) in [5, 5.41) is 0. The lowest BCUT2D eigenvalue weighted by Gasteiger charge is -2.24. The van der Waals surface area contributed by atoms with Crippen LogP contribution in [0, 0.1) is 0 Å². The monoisotopic (exact) mass is 291 g/mol. The number of esters is 1. The molecule has 0 aromatic heterocycles. The second kappa shape index (κ2) is 7.46. The minimum Gasteiger partial charge on any atom is -0.479 e. The van der Waals surface area contributed by atoms with Crippen LogP contribution in [0.4, 0.5) is 0 Å². The molecule has 0 heterocycles. The minimum atomic E-state index is -0.523. The molecule has 0 radical (unpaired) electrons. The average molecular weight is 291 g/mol. The lowest BCUT2D eigenvalue weighted by atomic mass is 9.88. The van der Waals surface area contributed by atoms with E-state index in [-0.39, 0.29) is 12.0 Å². The highest BCUT2D eigenvalue weighted by Gasteiger charge is 2.22. The van der Waals surface area contributed by atoms with E-state index in [1.165, 1.54) is 11.1 Å². The number of ether oxygens (including phenoxy) is 2. The predicted octanol–water partition coefficient (Wildman–Crippen LogP) is 3.13. The van der Waals surface area contributed by atoms with Gasteiger partial charge in [-0.2, -0.15) is 0 Å². The Morgan fingerprint density at radius 1 is 1.43 bits per heavy atom. The van der Waals surface area contributed by atoms with Crippen molar-refractivity contribution in [2.45, 2.75) is 58.1 Å². The van der Waals surface area contributed by atoms with Crippen molar-refractivity contribution >= 4 is 5.97 Å². The van der Waals surface area contributed by atoms with Crippen LogP contribution >= 0.6 is 0 Å². The van der Waals surface area contributed by atoms with Crippen LogP contribution in [-0.2, 0) is 16.0 Å². The molecule has 0 amide bonds. The Morgan fingerprint density at radius 2 is 2.24 bits per heavy atom. The molecule has 0 aliphatic heterocycles. The van der Waals surface area contributed by atoms with Crippen LogP contribution < -0.4 is 10.5 Å². The van der Waals surface area contributed by atoms with Gasteiger partial charge >= 0.3 is 5.97 Å². The summed E-state index contributed by atoms with van der Waals surface area (Å²) in [5.74, 6) is 0.447. The molecule has 0 saturated carbocycles. The van der Waals surface area contributed by atoms with E-state index in [1.54, 1.807) is 6.92 Å². The zero-order valence-corrected chi connectivity index (χ0v) is 12.9. The van der Waals surface area contributed by atoms with Crippen LogP contribution in [0.2, 0.25) is 0 Å². The van der Waals surface area contributed by atoms with Crippen molar-refractivity contribution < 1.29 is 14.3 Å². The van der Waals surface area contributed by atoms with Crippen LogP contribution in [0.1, 0.15) is 56.7 Å². The Morgan fingerprint density at radius 3 is 2.95 bits per heavy atom. The first kappa shape index (κ1) is 15.8. The maximum atomic E-state index is 11.9. The standard InChI is InChI=1S/C17H25NO3/c1-3-6-16(17(19)20-4-2)21-13-9-10-14-12(11-13)7-5-8-15(14)18/h9-11,15-16H,3-8,18H2,1-2H3. The summed E-state index contributed by atoms with van der Waals surface area (Å²) in [6, 6.07) is 6.09. The quantitative estimate of drug-likeness (QED) is 0.818. The zero-order chi connectivity index (χ0) is 15.2. The zero-order valence-electron chi connectivity index (χ0n) is 12.9. The molecule has 1 aliphatic rings. The number of rotatable bonds is 6. The third kappa shape index (κ3) is 3.97. The van der Waals surface area contributed by atoms with E-state index in [2.05, 4.69) is 0 Å². The van der Waals surface area contributed by atoms with Crippen molar-refractivity contribution in [3.05, 3.63) is 29.3 Å². The van der Waals surface area contributed by atoms with Gasteiger partial charge in [0, 0.05) is 6.04 Å². The van der Waals surface area contributed by atoms with E-state index in [4.69, 9.17) is 15.2 Å². The fraction of sp³-hybridized carbons (Fsp3) is 0.588. The SMILES string of the molecule is CCCC(Oc1ccc2c(c1)CCCC2N)C(=O)OCC. The normalized spacial score (nSPS) is 18.7. The Hall–Kier alpha value is -1.55. The largest absolute Gasteiger partial charge is 0.479 e. The van der Waals surface area contributed by atoms with Crippen molar-refractivity contribution in [3.8, 4) is 5.75 Å². The third-order valence-electron chi connectivity index (χ3n) is 3.85. The molecule has 21 heavy (non-hydrogen) atoms. The molecular formula is C17H25NO3. The van der Waals surface area contributed by atoms with E-state index >= 15 is 0 Å². The molecule has 116 valence electrons. The summed E-state index contributed by atoms with van der Waals surface area (Å²) in [7, 11) is 0. The molecule has 1 aromatic carbocycles. The highest BCUT2D eigenvalue weighted by molar-refractivity contribution is 5.75. The van der Waals surface area contributed by atoms with E-state index in [0.29, 0.717) is 13.0 Å². The predicted molar refractivity (Wildman–Crippen MR) is 82.3 cm³/mol. The smallest absolute Gasteiger partial charge is 0.347 e. The van der Waals surface area contributed by atoms with E-state index in [1.807, 2.05) is 25.1 Å². The van der Waals surface area contributed by atoms with Gasteiger partial charge in [-0.3, -0.25) is 0 Å². The summed E-state index contributed by atoms with van der Waals surface area (Å²) < 4.78 is 10.9. The lowest BCUT2D eigenvalue weighted by Crippen LogP contribution is -2.29. The van der Waals surface area contributed by atoms with Gasteiger partial charge in [-0.25, -0.2) is 4.79 Å². The molecule has 4 nitrogen and oxygen atoms in total. The summed E-state index contributed by atoms with van der Waals surface area (Å²) in [6.07, 6.45) is 4.18. The molecule has 0 fully saturated rings. The van der Waals surface area contributed by atoms with Crippen molar-refractivity contribution in [2.24, 2.45) is 5.73 Å². The maximum absolute atomic E-state index is 11.9. The Kier molecular flexibility index (Phi) is 5.62. The first-order valence-electron chi connectivity index (χ1n) is 7.87. The average Bonchev–Trinajstić information content (AvgIpc) is 2.47. The van der Waals surface area contributed by atoms with Crippen LogP contribution in [0.5, 0.6) is 5.75 Å². The Bertz CT molecular complexity index is 487. The Labute approximate surface area is 126 Å². The number of fused-ring (bicyclic) bond motifs is 1. The molecule has 2 rings (SSSR count). The topological polar surface area (TPSA) is 61.5 Å². The summed E-state index contributed by atoms with van der Waals surface area (Å²) >= 11 is 0. The number of aryl methyl sites for hydroxylation is 1. The number of carbonyl (C=O) groups excluding carboxylic acids is 1. The molecule has 0 bridgehead atoms. The molecule has 0 spiro atoms. The van der Waals surface area contributed by atoms with Gasteiger partial charge in [-0.15, -0.1) is 0 Å². The molecule has 1 aromatic rings. The molecule has 2 N–H and O–H groups in total. The summed E-state index contributed by atoms with van der Waals surface area (Å²) in [4.78, 5) is 11.9. The second-order valence-corrected chi connectivity index (χ2v) is 5.51. The number of benzene rings is 1. The van der Waals surface area contributed by atoms with Crippen LogP contribution in [0.3, 0.4) is 0 Å². The van der Waals surface area contributed by atoms with Crippen molar-refractivity contribution in [1.29, 1.82) is 0 Å². The number of nitrogens with two attached hydrogens (primary N) is 1. The van der Waals surface area contributed by atoms with Crippen LogP contribution in [-0.4, -0.2) is 18.7 Å². The first-order valence-corrected chi connectivity index (χ1v) is 7.87. The van der Waals surface area contributed by atoms with Crippen molar-refractivity contribution in [3.63, 3.8) is 0 Å². The third-order valence-corrected chi connectivity index (χ3v) is 3.85. The second-order valence-electron chi connectivity index (χ2n) is 5.51.